The average molecular weight is 303 g/mol. The summed E-state index contributed by atoms with van der Waals surface area (Å²) in [5.41, 5.74) is 0.500. The van der Waals surface area contributed by atoms with Crippen molar-refractivity contribution in [2.24, 2.45) is 0 Å². The van der Waals surface area contributed by atoms with Crippen molar-refractivity contribution < 1.29 is 13.9 Å². The lowest BCUT2D eigenvalue weighted by atomic mass is 10.2. The van der Waals surface area contributed by atoms with E-state index in [0.717, 1.165) is 5.76 Å². The number of amides is 1. The third-order valence-corrected chi connectivity index (χ3v) is 3.24. The van der Waals surface area contributed by atoms with Crippen LogP contribution in [0.3, 0.4) is 0 Å². The van der Waals surface area contributed by atoms with Gasteiger partial charge in [-0.15, -0.1) is 0 Å². The first-order valence-electron chi connectivity index (χ1n) is 7.18. The molecule has 0 spiro atoms. The van der Waals surface area contributed by atoms with Gasteiger partial charge < -0.3 is 14.5 Å². The van der Waals surface area contributed by atoms with Crippen LogP contribution in [0.2, 0.25) is 0 Å². The highest BCUT2D eigenvalue weighted by molar-refractivity contribution is 5.93. The minimum Gasteiger partial charge on any atom is -0.478 e. The summed E-state index contributed by atoms with van der Waals surface area (Å²) in [6.07, 6.45) is 3.14. The van der Waals surface area contributed by atoms with E-state index in [2.05, 4.69) is 10.3 Å². The van der Waals surface area contributed by atoms with Crippen molar-refractivity contribution >= 4 is 5.91 Å². The number of nitrogens with one attached hydrogen (secondary N) is 1. The molecule has 0 saturated heterocycles. The second-order valence-corrected chi connectivity index (χ2v) is 5.02. The molecule has 6 nitrogen and oxygen atoms in total. The Bertz CT molecular complexity index is 579. The Kier molecular flexibility index (Phi) is 5.55. The summed E-state index contributed by atoms with van der Waals surface area (Å²) < 4.78 is 10.7. The van der Waals surface area contributed by atoms with Gasteiger partial charge in [-0.05, 0) is 39.2 Å². The molecular weight excluding hydrogens is 282 g/mol. The summed E-state index contributed by atoms with van der Waals surface area (Å²) in [6.45, 7) is 2.89. The second-order valence-electron chi connectivity index (χ2n) is 5.02. The number of hydrogen-bond donors (Lipinski definition) is 1. The van der Waals surface area contributed by atoms with Crippen LogP contribution in [0.15, 0.2) is 41.1 Å². The largest absolute Gasteiger partial charge is 0.478 e. The Hall–Kier alpha value is -2.34. The monoisotopic (exact) mass is 303 g/mol. The Labute approximate surface area is 130 Å². The van der Waals surface area contributed by atoms with E-state index in [9.17, 15) is 4.79 Å². The summed E-state index contributed by atoms with van der Waals surface area (Å²) in [7, 11) is 3.88. The summed E-state index contributed by atoms with van der Waals surface area (Å²) >= 11 is 0. The summed E-state index contributed by atoms with van der Waals surface area (Å²) in [5.74, 6) is 1.16. The molecule has 6 heteroatoms. The van der Waals surface area contributed by atoms with E-state index in [1.807, 2.05) is 38.1 Å². The van der Waals surface area contributed by atoms with Crippen LogP contribution in [0, 0.1) is 0 Å². The molecule has 0 bridgehead atoms. The van der Waals surface area contributed by atoms with Gasteiger partial charge >= 0.3 is 0 Å². The van der Waals surface area contributed by atoms with Crippen LogP contribution in [0.25, 0.3) is 0 Å². The van der Waals surface area contributed by atoms with E-state index in [0.29, 0.717) is 24.6 Å². The van der Waals surface area contributed by atoms with Gasteiger partial charge in [0, 0.05) is 18.8 Å². The Morgan fingerprint density at radius 2 is 2.23 bits per heavy atom. The van der Waals surface area contributed by atoms with Crippen molar-refractivity contribution in [2.75, 3.05) is 27.2 Å². The number of furan rings is 1. The summed E-state index contributed by atoms with van der Waals surface area (Å²) in [6, 6.07) is 7.10. The highest BCUT2D eigenvalue weighted by atomic mass is 16.5. The van der Waals surface area contributed by atoms with E-state index in [-0.39, 0.29) is 11.9 Å². The van der Waals surface area contributed by atoms with E-state index in [1.165, 1.54) is 6.20 Å². The molecule has 1 atom stereocenters. The number of aromatic nitrogens is 1. The fourth-order valence-corrected chi connectivity index (χ4v) is 2.06. The molecule has 0 radical (unpaired) electrons. The standard InChI is InChI=1S/C16H21N3O3/c1-4-21-15-8-7-12(10-17-15)16(20)18-11-13(19(2)3)14-6-5-9-22-14/h5-10,13H,4,11H2,1-3H3,(H,18,20)/t13-/m0/s1. The second kappa shape index (κ2) is 7.61. The predicted molar refractivity (Wildman–Crippen MR) is 82.9 cm³/mol. The van der Waals surface area contributed by atoms with Crippen molar-refractivity contribution in [1.29, 1.82) is 0 Å². The van der Waals surface area contributed by atoms with Crippen molar-refractivity contribution in [3.63, 3.8) is 0 Å². The molecule has 0 fully saturated rings. The van der Waals surface area contributed by atoms with Crippen molar-refractivity contribution in [2.45, 2.75) is 13.0 Å². The zero-order valence-electron chi connectivity index (χ0n) is 13.1. The van der Waals surface area contributed by atoms with Gasteiger partial charge in [0.25, 0.3) is 5.91 Å². The SMILES string of the molecule is CCOc1ccc(C(=O)NC[C@@H](c2ccco2)N(C)C)cn1. The average Bonchev–Trinajstić information content (AvgIpc) is 3.02. The summed E-state index contributed by atoms with van der Waals surface area (Å²) in [5, 5.41) is 2.90. The Morgan fingerprint density at radius 1 is 1.41 bits per heavy atom. The van der Waals surface area contributed by atoms with Crippen molar-refractivity contribution in [3.05, 3.63) is 48.0 Å². The maximum absolute atomic E-state index is 12.2. The molecule has 0 aliphatic carbocycles. The van der Waals surface area contributed by atoms with Crippen LogP contribution in [0.1, 0.15) is 29.1 Å². The Morgan fingerprint density at radius 3 is 2.77 bits per heavy atom. The molecule has 0 aromatic carbocycles. The molecule has 2 rings (SSSR count). The minimum absolute atomic E-state index is 0.0189. The van der Waals surface area contributed by atoms with Crippen molar-refractivity contribution in [3.8, 4) is 5.88 Å². The molecule has 0 aliphatic heterocycles. The zero-order chi connectivity index (χ0) is 15.9. The number of pyridine rings is 1. The first-order valence-corrected chi connectivity index (χ1v) is 7.18. The molecule has 0 aliphatic rings. The smallest absolute Gasteiger partial charge is 0.252 e. The number of hydrogen-bond acceptors (Lipinski definition) is 5. The van der Waals surface area contributed by atoms with Gasteiger partial charge in [-0.3, -0.25) is 9.69 Å². The number of nitrogens with zero attached hydrogens (tertiary/aromatic N) is 2. The quantitative estimate of drug-likeness (QED) is 0.848. The van der Waals surface area contributed by atoms with Gasteiger partial charge in [0.05, 0.1) is 24.5 Å². The number of carbonyl (C=O) groups is 1. The third-order valence-electron chi connectivity index (χ3n) is 3.24. The van der Waals surface area contributed by atoms with E-state index < -0.39 is 0 Å². The first-order chi connectivity index (χ1) is 10.6. The van der Waals surface area contributed by atoms with Crippen molar-refractivity contribution in [1.82, 2.24) is 15.2 Å². The fourth-order valence-electron chi connectivity index (χ4n) is 2.06. The molecular formula is C16H21N3O3. The topological polar surface area (TPSA) is 67.6 Å². The number of likely N-dealkylation sites (N-methyl/N-ethyl adjacent to an activating group) is 1. The molecule has 1 N–H and O–H groups in total. The van der Waals surface area contributed by atoms with Gasteiger partial charge in [0.1, 0.15) is 5.76 Å². The van der Waals surface area contributed by atoms with Crippen LogP contribution in [-0.4, -0.2) is 43.0 Å². The van der Waals surface area contributed by atoms with Crippen LogP contribution >= 0.6 is 0 Å². The van der Waals surface area contributed by atoms with E-state index in [4.69, 9.17) is 9.15 Å². The van der Waals surface area contributed by atoms with Crippen LogP contribution in [0.5, 0.6) is 5.88 Å². The van der Waals surface area contributed by atoms with E-state index >= 15 is 0 Å². The first kappa shape index (κ1) is 16.0. The lowest BCUT2D eigenvalue weighted by Crippen LogP contribution is -2.34. The third kappa shape index (κ3) is 4.08. The molecule has 22 heavy (non-hydrogen) atoms. The van der Waals surface area contributed by atoms with Gasteiger partial charge in [-0.1, -0.05) is 0 Å². The highest BCUT2D eigenvalue weighted by Gasteiger charge is 2.18. The van der Waals surface area contributed by atoms with Gasteiger partial charge in [-0.2, -0.15) is 0 Å². The van der Waals surface area contributed by atoms with E-state index in [1.54, 1.807) is 18.4 Å². The highest BCUT2D eigenvalue weighted by Crippen LogP contribution is 2.17. The van der Waals surface area contributed by atoms with Gasteiger partial charge in [0.2, 0.25) is 5.88 Å². The summed E-state index contributed by atoms with van der Waals surface area (Å²) in [4.78, 5) is 18.3. The lowest BCUT2D eigenvalue weighted by molar-refractivity contribution is 0.0938. The molecule has 2 aromatic heterocycles. The van der Waals surface area contributed by atoms with Gasteiger partial charge in [0.15, 0.2) is 0 Å². The molecule has 118 valence electrons. The molecule has 1 amide bonds. The zero-order valence-corrected chi connectivity index (χ0v) is 13.1. The number of rotatable bonds is 7. The van der Waals surface area contributed by atoms with Gasteiger partial charge in [-0.25, -0.2) is 4.98 Å². The normalized spacial score (nSPS) is 12.2. The van der Waals surface area contributed by atoms with Crippen LogP contribution < -0.4 is 10.1 Å². The number of ether oxygens (including phenoxy) is 1. The molecule has 0 unspecified atom stereocenters. The maximum atomic E-state index is 12.2. The molecule has 2 aromatic rings. The number of carbonyl (C=O) groups excluding carboxylic acids is 1. The molecule has 0 saturated carbocycles. The Balaban J connectivity index is 1.96. The maximum Gasteiger partial charge on any atom is 0.252 e. The van der Waals surface area contributed by atoms with Crippen LogP contribution in [-0.2, 0) is 0 Å². The predicted octanol–water partition coefficient (Wildman–Crippen LogP) is 2.11. The minimum atomic E-state index is -0.172. The fraction of sp³-hybridized carbons (Fsp3) is 0.375. The molecule has 2 heterocycles. The lowest BCUT2D eigenvalue weighted by Gasteiger charge is -2.22. The van der Waals surface area contributed by atoms with Crippen LogP contribution in [0.4, 0.5) is 0 Å².